The van der Waals surface area contributed by atoms with Crippen LogP contribution in [0.1, 0.15) is 24.1 Å². The Labute approximate surface area is 158 Å². The van der Waals surface area contributed by atoms with E-state index in [-0.39, 0.29) is 17.5 Å². The first-order valence-corrected chi connectivity index (χ1v) is 8.66. The fourth-order valence-corrected chi connectivity index (χ4v) is 2.87. The lowest BCUT2D eigenvalue weighted by atomic mass is 10.0. The molecule has 1 amide bonds. The minimum Gasteiger partial charge on any atom is -0.497 e. The summed E-state index contributed by atoms with van der Waals surface area (Å²) in [6.45, 7) is 1.89. The van der Waals surface area contributed by atoms with Gasteiger partial charge in [0.1, 0.15) is 17.4 Å². The Bertz CT molecular complexity index is 1030. The van der Waals surface area contributed by atoms with E-state index in [0.717, 1.165) is 27.6 Å². The number of methoxy groups -OCH3 is 1. The van der Waals surface area contributed by atoms with Crippen molar-refractivity contribution in [1.82, 2.24) is 5.32 Å². The van der Waals surface area contributed by atoms with Crippen LogP contribution in [0.2, 0.25) is 0 Å². The summed E-state index contributed by atoms with van der Waals surface area (Å²) in [7, 11) is 1.63. The SMILES string of the molecule is COc1ccc2cc(/C=C(\C#N)C(=O)NC(C)c3ccccc3)ccc2c1. The van der Waals surface area contributed by atoms with E-state index in [4.69, 9.17) is 4.74 Å². The van der Waals surface area contributed by atoms with Crippen LogP contribution in [0.3, 0.4) is 0 Å². The quantitative estimate of drug-likeness (QED) is 0.535. The van der Waals surface area contributed by atoms with Gasteiger partial charge in [0.05, 0.1) is 13.2 Å². The maximum absolute atomic E-state index is 12.5. The fourth-order valence-electron chi connectivity index (χ4n) is 2.87. The molecule has 0 aliphatic rings. The van der Waals surface area contributed by atoms with Gasteiger partial charge in [-0.1, -0.05) is 48.5 Å². The molecule has 3 rings (SSSR count). The van der Waals surface area contributed by atoms with Crippen molar-refractivity contribution >= 4 is 22.8 Å². The summed E-state index contributed by atoms with van der Waals surface area (Å²) in [4.78, 5) is 12.5. The molecule has 0 aliphatic heterocycles. The van der Waals surface area contributed by atoms with E-state index in [1.165, 1.54) is 0 Å². The number of nitrogens with zero attached hydrogens (tertiary/aromatic N) is 1. The number of hydrogen-bond acceptors (Lipinski definition) is 3. The number of nitriles is 1. The summed E-state index contributed by atoms with van der Waals surface area (Å²) in [5, 5.41) is 14.3. The molecule has 27 heavy (non-hydrogen) atoms. The zero-order valence-electron chi connectivity index (χ0n) is 15.3. The molecule has 3 aromatic rings. The second kappa shape index (κ2) is 8.20. The van der Waals surface area contributed by atoms with Crippen molar-refractivity contribution in [2.45, 2.75) is 13.0 Å². The van der Waals surface area contributed by atoms with Crippen LogP contribution in [-0.2, 0) is 4.79 Å². The van der Waals surface area contributed by atoms with E-state index in [1.54, 1.807) is 13.2 Å². The zero-order chi connectivity index (χ0) is 19.2. The van der Waals surface area contributed by atoms with Crippen molar-refractivity contribution in [3.63, 3.8) is 0 Å². The van der Waals surface area contributed by atoms with E-state index in [1.807, 2.05) is 79.7 Å². The number of carbonyl (C=O) groups is 1. The molecule has 0 fully saturated rings. The van der Waals surface area contributed by atoms with Crippen molar-refractivity contribution in [3.05, 3.63) is 83.4 Å². The molecule has 1 N–H and O–H groups in total. The second-order valence-corrected chi connectivity index (χ2v) is 6.25. The van der Waals surface area contributed by atoms with Gasteiger partial charge in [0.15, 0.2) is 0 Å². The summed E-state index contributed by atoms with van der Waals surface area (Å²) < 4.78 is 5.23. The van der Waals surface area contributed by atoms with Crippen molar-refractivity contribution < 1.29 is 9.53 Å². The lowest BCUT2D eigenvalue weighted by Gasteiger charge is -2.13. The summed E-state index contributed by atoms with van der Waals surface area (Å²) >= 11 is 0. The molecule has 0 spiro atoms. The molecule has 4 nitrogen and oxygen atoms in total. The number of amides is 1. The molecule has 134 valence electrons. The monoisotopic (exact) mass is 356 g/mol. The average Bonchev–Trinajstić information content (AvgIpc) is 2.71. The lowest BCUT2D eigenvalue weighted by molar-refractivity contribution is -0.117. The lowest BCUT2D eigenvalue weighted by Crippen LogP contribution is -2.27. The fraction of sp³-hybridized carbons (Fsp3) is 0.130. The van der Waals surface area contributed by atoms with Crippen LogP contribution in [0.5, 0.6) is 5.75 Å². The molecule has 0 aliphatic carbocycles. The van der Waals surface area contributed by atoms with Crippen molar-refractivity contribution in [2.24, 2.45) is 0 Å². The van der Waals surface area contributed by atoms with Crippen LogP contribution < -0.4 is 10.1 Å². The number of fused-ring (bicyclic) bond motifs is 1. The minimum atomic E-state index is -0.385. The van der Waals surface area contributed by atoms with Crippen molar-refractivity contribution in [1.29, 1.82) is 5.26 Å². The standard InChI is InChI=1S/C23H20N2O2/c1-16(18-6-4-3-5-7-18)25-23(26)21(15-24)13-17-8-9-20-14-22(27-2)11-10-19(20)12-17/h3-14,16H,1-2H3,(H,25,26)/b21-13+. The average molecular weight is 356 g/mol. The Morgan fingerprint density at radius 3 is 2.48 bits per heavy atom. The van der Waals surface area contributed by atoms with Gasteiger partial charge in [-0.3, -0.25) is 4.79 Å². The largest absolute Gasteiger partial charge is 0.497 e. The highest BCUT2D eigenvalue weighted by molar-refractivity contribution is 6.02. The second-order valence-electron chi connectivity index (χ2n) is 6.25. The van der Waals surface area contributed by atoms with E-state index >= 15 is 0 Å². The van der Waals surface area contributed by atoms with Gasteiger partial charge < -0.3 is 10.1 Å². The van der Waals surface area contributed by atoms with Gasteiger partial charge in [-0.2, -0.15) is 5.26 Å². The van der Waals surface area contributed by atoms with Crippen LogP contribution >= 0.6 is 0 Å². The summed E-state index contributed by atoms with van der Waals surface area (Å²) in [5.74, 6) is 0.404. The van der Waals surface area contributed by atoms with E-state index in [9.17, 15) is 10.1 Å². The molecule has 3 aromatic carbocycles. The summed E-state index contributed by atoms with van der Waals surface area (Å²) in [6.07, 6.45) is 1.61. The van der Waals surface area contributed by atoms with E-state index in [0.29, 0.717) is 0 Å². The number of ether oxygens (including phenoxy) is 1. The Balaban J connectivity index is 1.82. The Hall–Kier alpha value is -3.58. The molecule has 0 aromatic heterocycles. The van der Waals surface area contributed by atoms with Gasteiger partial charge in [0, 0.05) is 0 Å². The molecule has 0 saturated carbocycles. The van der Waals surface area contributed by atoms with Crippen LogP contribution in [0.25, 0.3) is 16.8 Å². The maximum Gasteiger partial charge on any atom is 0.262 e. The molecule has 4 heteroatoms. The number of rotatable bonds is 5. The Morgan fingerprint density at radius 2 is 1.78 bits per heavy atom. The highest BCUT2D eigenvalue weighted by Crippen LogP contribution is 2.23. The predicted octanol–water partition coefficient (Wildman–Crippen LogP) is 4.63. The maximum atomic E-state index is 12.5. The third-order valence-electron chi connectivity index (χ3n) is 4.39. The number of benzene rings is 3. The van der Waals surface area contributed by atoms with Gasteiger partial charge in [0.2, 0.25) is 0 Å². The third kappa shape index (κ3) is 4.34. The summed E-state index contributed by atoms with van der Waals surface area (Å²) in [5.41, 5.74) is 1.86. The van der Waals surface area contributed by atoms with Gasteiger partial charge in [-0.15, -0.1) is 0 Å². The highest BCUT2D eigenvalue weighted by Gasteiger charge is 2.13. The molecule has 0 radical (unpaired) electrons. The number of hydrogen-bond donors (Lipinski definition) is 1. The Morgan fingerprint density at radius 1 is 1.07 bits per heavy atom. The third-order valence-corrected chi connectivity index (χ3v) is 4.39. The van der Waals surface area contributed by atoms with Crippen LogP contribution in [-0.4, -0.2) is 13.0 Å². The number of nitrogens with one attached hydrogen (secondary N) is 1. The molecule has 1 atom stereocenters. The minimum absolute atomic E-state index is 0.0747. The molecular formula is C23H20N2O2. The first-order chi connectivity index (χ1) is 13.1. The first kappa shape index (κ1) is 18.2. The van der Waals surface area contributed by atoms with Crippen LogP contribution in [0, 0.1) is 11.3 Å². The molecule has 0 heterocycles. The predicted molar refractivity (Wildman–Crippen MR) is 107 cm³/mol. The van der Waals surface area contributed by atoms with Crippen molar-refractivity contribution in [2.75, 3.05) is 7.11 Å². The Kier molecular flexibility index (Phi) is 5.53. The highest BCUT2D eigenvalue weighted by atomic mass is 16.5. The molecule has 1 unspecified atom stereocenters. The van der Waals surface area contributed by atoms with Gasteiger partial charge >= 0.3 is 0 Å². The number of carbonyl (C=O) groups excluding carboxylic acids is 1. The molecular weight excluding hydrogens is 336 g/mol. The van der Waals surface area contributed by atoms with Gasteiger partial charge in [0.25, 0.3) is 5.91 Å². The summed E-state index contributed by atoms with van der Waals surface area (Å²) in [6, 6.07) is 23.0. The molecule has 0 saturated heterocycles. The molecule has 0 bridgehead atoms. The normalized spacial score (nSPS) is 12.3. The smallest absolute Gasteiger partial charge is 0.262 e. The zero-order valence-corrected chi connectivity index (χ0v) is 15.3. The van der Waals surface area contributed by atoms with Crippen molar-refractivity contribution in [3.8, 4) is 11.8 Å². The van der Waals surface area contributed by atoms with E-state index < -0.39 is 0 Å². The van der Waals surface area contributed by atoms with E-state index in [2.05, 4.69) is 5.32 Å². The van der Waals surface area contributed by atoms with Crippen LogP contribution in [0.15, 0.2) is 72.3 Å². The first-order valence-electron chi connectivity index (χ1n) is 8.66. The van der Waals surface area contributed by atoms with Gasteiger partial charge in [-0.05, 0) is 53.1 Å². The van der Waals surface area contributed by atoms with Gasteiger partial charge in [-0.25, -0.2) is 0 Å². The van der Waals surface area contributed by atoms with Crippen LogP contribution in [0.4, 0.5) is 0 Å². The topological polar surface area (TPSA) is 62.1 Å².